The molecule has 264 valence electrons. The third-order valence-corrected chi connectivity index (χ3v) is 13.6. The summed E-state index contributed by atoms with van der Waals surface area (Å²) in [6.07, 6.45) is 0. The van der Waals surface area contributed by atoms with Crippen molar-refractivity contribution >= 4 is 53.9 Å². The quantitative estimate of drug-likeness (QED) is 0.124. The lowest BCUT2D eigenvalue weighted by Crippen LogP contribution is -2.17. The highest BCUT2D eigenvalue weighted by Crippen LogP contribution is 2.59. The van der Waals surface area contributed by atoms with Crippen LogP contribution in [0, 0.1) is 0 Å². The smallest absolute Gasteiger partial charge is 0.0159 e. The molecule has 2 aliphatic carbocycles. The molecule has 0 heteroatoms. The maximum atomic E-state index is 2.57. The number of fused-ring (bicyclic) bond motifs is 13. The molecular weight excluding hydrogens is 673 g/mol. The molecule has 0 aromatic heterocycles. The largest absolute Gasteiger partial charge is 0.0619 e. The lowest BCUT2D eigenvalue weighted by Gasteiger charge is -2.25. The van der Waals surface area contributed by atoms with Crippen LogP contribution in [0.4, 0.5) is 0 Å². The summed E-state index contributed by atoms with van der Waals surface area (Å²) in [6.45, 7) is 9.68. The van der Waals surface area contributed by atoms with Crippen molar-refractivity contribution in [2.45, 2.75) is 38.5 Å². The first-order valence-electron chi connectivity index (χ1n) is 20.0. The van der Waals surface area contributed by atoms with Crippen molar-refractivity contribution < 1.29 is 0 Å². The van der Waals surface area contributed by atoms with E-state index in [1.54, 1.807) is 0 Å². The van der Waals surface area contributed by atoms with Gasteiger partial charge < -0.3 is 0 Å². The second-order valence-corrected chi connectivity index (χ2v) is 17.2. The van der Waals surface area contributed by atoms with Crippen molar-refractivity contribution in [1.29, 1.82) is 0 Å². The van der Waals surface area contributed by atoms with Crippen molar-refractivity contribution in [3.8, 4) is 44.5 Å². The molecule has 10 aromatic rings. The van der Waals surface area contributed by atoms with Gasteiger partial charge in [-0.3, -0.25) is 0 Å². The van der Waals surface area contributed by atoms with Gasteiger partial charge in [-0.25, -0.2) is 0 Å². The van der Waals surface area contributed by atoms with E-state index in [9.17, 15) is 0 Å². The van der Waals surface area contributed by atoms with Crippen LogP contribution in [0.1, 0.15) is 49.9 Å². The summed E-state index contributed by atoms with van der Waals surface area (Å²) in [7, 11) is 0. The Morgan fingerprint density at radius 2 is 0.696 bits per heavy atom. The zero-order valence-electron chi connectivity index (χ0n) is 32.2. The molecule has 0 spiro atoms. The Bertz CT molecular complexity index is 3300. The highest BCUT2D eigenvalue weighted by Gasteiger charge is 2.42. The molecule has 12 rings (SSSR count). The molecule has 0 aliphatic heterocycles. The number of rotatable bonds is 2. The molecule has 0 amide bonds. The Morgan fingerprint density at radius 3 is 1.39 bits per heavy atom. The Kier molecular flexibility index (Phi) is 6.28. The molecule has 0 heterocycles. The first kappa shape index (κ1) is 31.8. The highest BCUT2D eigenvalue weighted by molar-refractivity contribution is 6.27. The van der Waals surface area contributed by atoms with Crippen molar-refractivity contribution in [3.63, 3.8) is 0 Å². The van der Waals surface area contributed by atoms with Crippen molar-refractivity contribution in [3.05, 3.63) is 192 Å². The summed E-state index contributed by atoms with van der Waals surface area (Å²) < 4.78 is 0. The van der Waals surface area contributed by atoms with E-state index in [1.165, 1.54) is 121 Å². The van der Waals surface area contributed by atoms with Gasteiger partial charge in [0.25, 0.3) is 0 Å². The molecule has 0 unspecified atom stereocenters. The van der Waals surface area contributed by atoms with Crippen molar-refractivity contribution in [2.75, 3.05) is 0 Å². The van der Waals surface area contributed by atoms with Crippen LogP contribution in [0.5, 0.6) is 0 Å². The van der Waals surface area contributed by atoms with Crippen LogP contribution < -0.4 is 0 Å². The molecule has 0 radical (unpaired) electrons. The zero-order valence-corrected chi connectivity index (χ0v) is 32.2. The van der Waals surface area contributed by atoms with Gasteiger partial charge in [0.15, 0.2) is 0 Å². The normalized spacial score (nSPS) is 14.7. The van der Waals surface area contributed by atoms with Gasteiger partial charge in [-0.1, -0.05) is 179 Å². The van der Waals surface area contributed by atoms with E-state index in [0.29, 0.717) is 0 Å². The van der Waals surface area contributed by atoms with Gasteiger partial charge in [-0.2, -0.15) is 0 Å². The number of hydrogen-bond acceptors (Lipinski definition) is 0. The van der Waals surface area contributed by atoms with Gasteiger partial charge in [0, 0.05) is 10.8 Å². The Labute approximate surface area is 327 Å². The molecule has 0 fully saturated rings. The topological polar surface area (TPSA) is 0 Å². The van der Waals surface area contributed by atoms with Crippen LogP contribution in [0.15, 0.2) is 170 Å². The monoisotopic (exact) mass is 712 g/mol. The van der Waals surface area contributed by atoms with Gasteiger partial charge >= 0.3 is 0 Å². The first-order valence-corrected chi connectivity index (χ1v) is 20.0. The lowest BCUT2D eigenvalue weighted by atomic mass is 9.78. The van der Waals surface area contributed by atoms with Gasteiger partial charge in [-0.05, 0) is 139 Å². The number of benzene rings is 10. The summed E-state index contributed by atoms with van der Waals surface area (Å²) in [6, 6.07) is 64.4. The molecule has 10 aromatic carbocycles. The van der Waals surface area contributed by atoms with E-state index < -0.39 is 0 Å². The SMILES string of the molecule is CC1(C)c2ccccc2-c2cc3c(cc21)-c1c(cc(-c2c4ccccc4c(-c4cccc5c4ccc4ccccc45)c4ccccc24)c2ccccc12)C3(C)C. The van der Waals surface area contributed by atoms with E-state index in [2.05, 4.69) is 198 Å². The summed E-state index contributed by atoms with van der Waals surface area (Å²) in [5, 5.41) is 12.9. The molecule has 0 N–H and O–H groups in total. The first-order chi connectivity index (χ1) is 27.3. The fourth-order valence-corrected chi connectivity index (χ4v) is 10.9. The van der Waals surface area contributed by atoms with Crippen molar-refractivity contribution in [2.24, 2.45) is 0 Å². The molecule has 0 saturated heterocycles. The Balaban J connectivity index is 1.16. The van der Waals surface area contributed by atoms with Crippen LogP contribution in [0.25, 0.3) is 98.4 Å². The Hall–Kier alpha value is -6.50. The predicted molar refractivity (Wildman–Crippen MR) is 240 cm³/mol. The molecule has 0 atom stereocenters. The van der Waals surface area contributed by atoms with Crippen molar-refractivity contribution in [1.82, 2.24) is 0 Å². The van der Waals surface area contributed by atoms with Gasteiger partial charge in [0.05, 0.1) is 0 Å². The van der Waals surface area contributed by atoms with Crippen LogP contribution in [-0.4, -0.2) is 0 Å². The van der Waals surface area contributed by atoms with Gasteiger partial charge in [0.1, 0.15) is 0 Å². The molecule has 2 aliphatic rings. The van der Waals surface area contributed by atoms with E-state index in [1.807, 2.05) is 0 Å². The predicted octanol–water partition coefficient (Wildman–Crippen LogP) is 15.4. The molecular formula is C56H40. The van der Waals surface area contributed by atoms with E-state index in [-0.39, 0.29) is 10.8 Å². The van der Waals surface area contributed by atoms with Gasteiger partial charge in [-0.15, -0.1) is 0 Å². The maximum absolute atomic E-state index is 2.57. The second kappa shape index (κ2) is 11.1. The summed E-state index contributed by atoms with van der Waals surface area (Å²) in [4.78, 5) is 0. The standard InChI is InChI=1S/C56H40/c1-55(2)48-27-14-13-19-38(48)45-30-50-47(32-49(45)55)54-40-20-8-7-18-36(40)46(31-51(54)56(50,3)4)53-43-23-11-9-21-41(43)52(42-22-10-12-24-44(42)53)39-26-15-25-35-34-17-6-5-16-33(34)28-29-37(35)39/h5-32H,1-4H3. The highest BCUT2D eigenvalue weighted by atomic mass is 14.5. The summed E-state index contributed by atoms with van der Waals surface area (Å²) >= 11 is 0. The fraction of sp³-hybridized carbons (Fsp3) is 0.107. The van der Waals surface area contributed by atoms with E-state index >= 15 is 0 Å². The van der Waals surface area contributed by atoms with E-state index in [0.717, 1.165) is 0 Å². The minimum absolute atomic E-state index is 0.0552. The molecule has 0 saturated carbocycles. The molecule has 56 heavy (non-hydrogen) atoms. The fourth-order valence-electron chi connectivity index (χ4n) is 10.9. The van der Waals surface area contributed by atoms with Crippen LogP contribution >= 0.6 is 0 Å². The zero-order chi connectivity index (χ0) is 37.5. The second-order valence-electron chi connectivity index (χ2n) is 17.2. The van der Waals surface area contributed by atoms with Crippen LogP contribution in [-0.2, 0) is 10.8 Å². The van der Waals surface area contributed by atoms with Crippen LogP contribution in [0.3, 0.4) is 0 Å². The molecule has 0 nitrogen and oxygen atoms in total. The Morgan fingerprint density at radius 1 is 0.250 bits per heavy atom. The maximum Gasteiger partial charge on any atom is 0.0159 e. The minimum Gasteiger partial charge on any atom is -0.0619 e. The third-order valence-electron chi connectivity index (χ3n) is 13.6. The average Bonchev–Trinajstić information content (AvgIpc) is 3.60. The summed E-state index contributed by atoms with van der Waals surface area (Å²) in [5.41, 5.74) is 16.2. The number of hydrogen-bond donors (Lipinski definition) is 0. The van der Waals surface area contributed by atoms with Crippen LogP contribution in [0.2, 0.25) is 0 Å². The van der Waals surface area contributed by atoms with E-state index in [4.69, 9.17) is 0 Å². The third kappa shape index (κ3) is 4.04. The average molecular weight is 713 g/mol. The summed E-state index contributed by atoms with van der Waals surface area (Å²) in [5.74, 6) is 0. The molecule has 0 bridgehead atoms. The van der Waals surface area contributed by atoms with Gasteiger partial charge in [0.2, 0.25) is 0 Å². The lowest BCUT2D eigenvalue weighted by molar-refractivity contribution is 0.652. The minimum atomic E-state index is -0.183.